The Morgan fingerprint density at radius 2 is 1.86 bits per heavy atom. The van der Waals surface area contributed by atoms with Crippen LogP contribution in [0.1, 0.15) is 5.56 Å². The van der Waals surface area contributed by atoms with Gasteiger partial charge in [-0.15, -0.1) is 0 Å². The van der Waals surface area contributed by atoms with Crippen molar-refractivity contribution in [2.75, 3.05) is 5.73 Å². The van der Waals surface area contributed by atoms with Crippen molar-refractivity contribution in [1.29, 1.82) is 0 Å². The van der Waals surface area contributed by atoms with Crippen LogP contribution in [0.2, 0.25) is 0 Å². The molecule has 2 N–H and O–H groups in total. The quantitative estimate of drug-likeness (QED) is 0.805. The Morgan fingerprint density at radius 1 is 1.05 bits per heavy atom. The van der Waals surface area contributed by atoms with E-state index in [1.165, 1.54) is 22.8 Å². The first-order valence-electron chi connectivity index (χ1n) is 6.40. The Balaban J connectivity index is 1.95. The van der Waals surface area contributed by atoms with Crippen LogP contribution in [-0.4, -0.2) is 9.55 Å². The van der Waals surface area contributed by atoms with Crippen molar-refractivity contribution in [3.8, 4) is 0 Å². The van der Waals surface area contributed by atoms with Crippen LogP contribution in [0, 0.1) is 17.5 Å². The summed E-state index contributed by atoms with van der Waals surface area (Å²) in [6.07, 6.45) is 0.478. The van der Waals surface area contributed by atoms with Gasteiger partial charge < -0.3 is 10.3 Å². The summed E-state index contributed by atoms with van der Waals surface area (Å²) in [5.41, 5.74) is 6.85. The van der Waals surface area contributed by atoms with Crippen molar-refractivity contribution in [1.82, 2.24) is 9.55 Å². The number of anilines is 1. The second-order valence-corrected chi connectivity index (χ2v) is 4.76. The molecule has 0 amide bonds. The molecule has 0 spiro atoms. The molecule has 6 heteroatoms. The van der Waals surface area contributed by atoms with Crippen LogP contribution in [0.5, 0.6) is 0 Å². The van der Waals surface area contributed by atoms with Gasteiger partial charge in [-0.3, -0.25) is 0 Å². The van der Waals surface area contributed by atoms with Crippen LogP contribution in [0.25, 0.3) is 11.0 Å². The van der Waals surface area contributed by atoms with E-state index >= 15 is 0 Å². The molecule has 0 unspecified atom stereocenters. The predicted molar refractivity (Wildman–Crippen MR) is 74.2 cm³/mol. The first-order chi connectivity index (χ1) is 10.0. The molecule has 108 valence electrons. The summed E-state index contributed by atoms with van der Waals surface area (Å²) in [7, 11) is 0. The number of nitrogens with two attached hydrogens (primary N) is 1. The molecule has 0 aliphatic rings. The van der Waals surface area contributed by atoms with Gasteiger partial charge in [-0.1, -0.05) is 12.1 Å². The van der Waals surface area contributed by atoms with Gasteiger partial charge in [-0.25, -0.2) is 18.2 Å². The van der Waals surface area contributed by atoms with E-state index in [4.69, 9.17) is 5.73 Å². The predicted octanol–water partition coefficient (Wildman–Crippen LogP) is 3.28. The summed E-state index contributed by atoms with van der Waals surface area (Å²) < 4.78 is 41.6. The molecule has 3 aromatic rings. The highest BCUT2D eigenvalue weighted by Gasteiger charge is 2.13. The minimum atomic E-state index is -0.749. The lowest BCUT2D eigenvalue weighted by Gasteiger charge is -2.07. The van der Waals surface area contributed by atoms with Gasteiger partial charge in [0.25, 0.3) is 0 Å². The SMILES string of the molecule is Nc1nc2c(F)cc(F)cc2n1CCc1cccc(F)c1. The minimum absolute atomic E-state index is 0.0353. The average molecular weight is 291 g/mol. The monoisotopic (exact) mass is 291 g/mol. The molecule has 0 aliphatic heterocycles. The van der Waals surface area contributed by atoms with Gasteiger partial charge in [-0.2, -0.15) is 0 Å². The van der Waals surface area contributed by atoms with Gasteiger partial charge in [-0.05, 0) is 24.1 Å². The molecule has 0 saturated heterocycles. The molecule has 3 nitrogen and oxygen atoms in total. The smallest absolute Gasteiger partial charge is 0.201 e. The van der Waals surface area contributed by atoms with Crippen LogP contribution in [0.3, 0.4) is 0 Å². The number of imidazole rings is 1. The fourth-order valence-electron chi connectivity index (χ4n) is 2.34. The van der Waals surface area contributed by atoms with Crippen LogP contribution in [0.15, 0.2) is 36.4 Å². The maximum absolute atomic E-state index is 13.6. The molecular weight excluding hydrogens is 279 g/mol. The van der Waals surface area contributed by atoms with E-state index in [1.54, 1.807) is 12.1 Å². The molecule has 0 fully saturated rings. The number of halogens is 3. The highest BCUT2D eigenvalue weighted by atomic mass is 19.1. The van der Waals surface area contributed by atoms with Crippen LogP contribution in [0.4, 0.5) is 19.1 Å². The zero-order valence-corrected chi connectivity index (χ0v) is 11.0. The van der Waals surface area contributed by atoms with Gasteiger partial charge in [0.15, 0.2) is 5.82 Å². The maximum Gasteiger partial charge on any atom is 0.201 e. The van der Waals surface area contributed by atoms with Gasteiger partial charge in [0, 0.05) is 18.7 Å². The van der Waals surface area contributed by atoms with Crippen LogP contribution >= 0.6 is 0 Å². The zero-order valence-electron chi connectivity index (χ0n) is 11.0. The second-order valence-electron chi connectivity index (χ2n) is 4.76. The molecule has 1 heterocycles. The van der Waals surface area contributed by atoms with Crippen molar-refractivity contribution < 1.29 is 13.2 Å². The fourth-order valence-corrected chi connectivity index (χ4v) is 2.34. The molecular formula is C15H12F3N3. The van der Waals surface area contributed by atoms with Crippen molar-refractivity contribution in [3.63, 3.8) is 0 Å². The summed E-state index contributed by atoms with van der Waals surface area (Å²) in [4.78, 5) is 3.91. The van der Waals surface area contributed by atoms with Crippen molar-refractivity contribution >= 4 is 17.0 Å². The highest BCUT2D eigenvalue weighted by molar-refractivity contribution is 5.79. The summed E-state index contributed by atoms with van der Waals surface area (Å²) in [5.74, 6) is -1.66. The highest BCUT2D eigenvalue weighted by Crippen LogP contribution is 2.22. The van der Waals surface area contributed by atoms with Gasteiger partial charge in [0.05, 0.1) is 5.52 Å². The van der Waals surface area contributed by atoms with Crippen molar-refractivity contribution in [2.45, 2.75) is 13.0 Å². The molecule has 3 rings (SSSR count). The van der Waals surface area contributed by atoms with E-state index in [-0.39, 0.29) is 17.3 Å². The Morgan fingerprint density at radius 3 is 2.62 bits per heavy atom. The number of rotatable bonds is 3. The third-order valence-electron chi connectivity index (χ3n) is 3.31. The lowest BCUT2D eigenvalue weighted by atomic mass is 10.1. The molecule has 2 aromatic carbocycles. The lowest BCUT2D eigenvalue weighted by Crippen LogP contribution is -2.06. The summed E-state index contributed by atoms with van der Waals surface area (Å²) in [5, 5.41) is 0. The molecule has 0 saturated carbocycles. The van der Waals surface area contributed by atoms with E-state index in [9.17, 15) is 13.2 Å². The first kappa shape index (κ1) is 13.5. The Kier molecular flexibility index (Phi) is 3.29. The number of hydrogen-bond donors (Lipinski definition) is 1. The molecule has 0 bridgehead atoms. The largest absolute Gasteiger partial charge is 0.369 e. The number of fused-ring (bicyclic) bond motifs is 1. The van der Waals surface area contributed by atoms with Crippen molar-refractivity contribution in [2.24, 2.45) is 0 Å². The Hall–Kier alpha value is -2.50. The zero-order chi connectivity index (χ0) is 15.0. The van der Waals surface area contributed by atoms with E-state index < -0.39 is 11.6 Å². The summed E-state index contributed by atoms with van der Waals surface area (Å²) in [6.45, 7) is 0.356. The summed E-state index contributed by atoms with van der Waals surface area (Å²) in [6, 6.07) is 8.11. The molecule has 0 aliphatic carbocycles. The standard InChI is InChI=1S/C15H12F3N3/c16-10-3-1-2-9(6-10)4-5-21-13-8-11(17)7-12(18)14(13)20-15(21)19/h1-3,6-8H,4-5H2,(H2,19,20). The van der Waals surface area contributed by atoms with Crippen molar-refractivity contribution in [3.05, 3.63) is 59.4 Å². The van der Waals surface area contributed by atoms with Crippen LogP contribution < -0.4 is 5.73 Å². The van der Waals surface area contributed by atoms with Crippen LogP contribution in [-0.2, 0) is 13.0 Å². The third-order valence-corrected chi connectivity index (χ3v) is 3.31. The van der Waals surface area contributed by atoms with E-state index in [0.29, 0.717) is 18.5 Å². The molecule has 0 radical (unpaired) electrons. The Labute approximate surface area is 118 Å². The second kappa shape index (κ2) is 5.12. The number of aromatic nitrogens is 2. The first-order valence-corrected chi connectivity index (χ1v) is 6.40. The molecule has 21 heavy (non-hydrogen) atoms. The average Bonchev–Trinajstić information content (AvgIpc) is 2.73. The molecule has 0 atom stereocenters. The lowest BCUT2D eigenvalue weighted by molar-refractivity contribution is 0.589. The normalized spacial score (nSPS) is 11.2. The van der Waals surface area contributed by atoms with E-state index in [0.717, 1.165) is 11.6 Å². The minimum Gasteiger partial charge on any atom is -0.369 e. The maximum atomic E-state index is 13.6. The van der Waals surface area contributed by atoms with Gasteiger partial charge >= 0.3 is 0 Å². The fraction of sp³-hybridized carbons (Fsp3) is 0.133. The number of benzene rings is 2. The third kappa shape index (κ3) is 2.56. The van der Waals surface area contributed by atoms with E-state index in [1.807, 2.05) is 0 Å². The van der Waals surface area contributed by atoms with E-state index in [2.05, 4.69) is 4.98 Å². The number of nitrogens with zero attached hydrogens (tertiary/aromatic N) is 2. The number of aryl methyl sites for hydroxylation is 2. The number of nitrogen functional groups attached to an aromatic ring is 1. The van der Waals surface area contributed by atoms with Gasteiger partial charge in [0.1, 0.15) is 17.2 Å². The summed E-state index contributed by atoms with van der Waals surface area (Å²) >= 11 is 0. The number of hydrogen-bond acceptors (Lipinski definition) is 2. The molecule has 1 aromatic heterocycles. The Bertz CT molecular complexity index is 811. The topological polar surface area (TPSA) is 43.8 Å². The van der Waals surface area contributed by atoms with Gasteiger partial charge in [0.2, 0.25) is 5.95 Å².